The Kier molecular flexibility index (Phi) is 2.97. The highest BCUT2D eigenvalue weighted by atomic mass is 79.9. The number of fused-ring (bicyclic) bond motifs is 1. The Labute approximate surface area is 110 Å². The van der Waals surface area contributed by atoms with Crippen molar-refractivity contribution >= 4 is 26.9 Å². The highest BCUT2D eigenvalue weighted by Gasteiger charge is 2.29. The molecule has 1 fully saturated rings. The topological polar surface area (TPSA) is 25.2 Å². The first kappa shape index (κ1) is 11.3. The number of furan rings is 1. The van der Waals surface area contributed by atoms with Gasteiger partial charge in [0.15, 0.2) is 0 Å². The SMILES string of the molecule is CNC(c1cc2cccc(Br)c2o1)C1CCC1. The molecule has 1 N–H and O–H groups in total. The van der Waals surface area contributed by atoms with Crippen LogP contribution >= 0.6 is 15.9 Å². The predicted octanol–water partition coefficient (Wildman–Crippen LogP) is 4.26. The van der Waals surface area contributed by atoms with E-state index in [4.69, 9.17) is 4.42 Å². The molecule has 3 rings (SSSR count). The molecule has 0 saturated heterocycles. The molecule has 1 aliphatic rings. The summed E-state index contributed by atoms with van der Waals surface area (Å²) in [4.78, 5) is 0. The van der Waals surface area contributed by atoms with Crippen LogP contribution in [0.2, 0.25) is 0 Å². The van der Waals surface area contributed by atoms with Crippen LogP contribution in [0.1, 0.15) is 31.1 Å². The van der Waals surface area contributed by atoms with Crippen LogP contribution in [-0.2, 0) is 0 Å². The second-order valence-corrected chi connectivity index (χ2v) is 5.62. The average molecular weight is 294 g/mol. The lowest BCUT2D eigenvalue weighted by molar-refractivity contribution is 0.218. The van der Waals surface area contributed by atoms with E-state index in [1.165, 1.54) is 24.6 Å². The van der Waals surface area contributed by atoms with Gasteiger partial charge in [0.1, 0.15) is 11.3 Å². The van der Waals surface area contributed by atoms with Crippen molar-refractivity contribution in [3.05, 3.63) is 34.5 Å². The molecule has 1 atom stereocenters. The quantitative estimate of drug-likeness (QED) is 0.915. The summed E-state index contributed by atoms with van der Waals surface area (Å²) in [6, 6.07) is 8.69. The third-order valence-corrected chi connectivity index (χ3v) is 4.38. The van der Waals surface area contributed by atoms with E-state index < -0.39 is 0 Å². The number of nitrogens with one attached hydrogen (secondary N) is 1. The first-order valence-corrected chi connectivity index (χ1v) is 6.94. The van der Waals surface area contributed by atoms with Crippen LogP contribution in [0.3, 0.4) is 0 Å². The minimum atomic E-state index is 0.364. The minimum Gasteiger partial charge on any atom is -0.458 e. The van der Waals surface area contributed by atoms with Crippen LogP contribution in [0.25, 0.3) is 11.0 Å². The molecule has 0 radical (unpaired) electrons. The Bertz CT molecular complexity index is 530. The molecule has 0 bridgehead atoms. The van der Waals surface area contributed by atoms with Gasteiger partial charge in [0.25, 0.3) is 0 Å². The van der Waals surface area contributed by atoms with E-state index >= 15 is 0 Å². The largest absolute Gasteiger partial charge is 0.458 e. The molecule has 1 aromatic heterocycles. The first-order valence-electron chi connectivity index (χ1n) is 6.15. The summed E-state index contributed by atoms with van der Waals surface area (Å²) in [6.45, 7) is 0. The number of benzene rings is 1. The second kappa shape index (κ2) is 4.46. The Morgan fingerprint density at radius 1 is 1.41 bits per heavy atom. The molecule has 0 amide bonds. The lowest BCUT2D eigenvalue weighted by atomic mass is 9.79. The number of halogens is 1. The van der Waals surface area contributed by atoms with Crippen LogP contribution in [0.5, 0.6) is 0 Å². The maximum Gasteiger partial charge on any atom is 0.148 e. The number of para-hydroxylation sites is 1. The van der Waals surface area contributed by atoms with Gasteiger partial charge in [-0.2, -0.15) is 0 Å². The molecule has 1 aliphatic carbocycles. The molecule has 90 valence electrons. The van der Waals surface area contributed by atoms with E-state index in [1.54, 1.807) is 0 Å². The number of rotatable bonds is 3. The van der Waals surface area contributed by atoms with Gasteiger partial charge in [0.2, 0.25) is 0 Å². The monoisotopic (exact) mass is 293 g/mol. The average Bonchev–Trinajstić information content (AvgIpc) is 2.68. The fourth-order valence-electron chi connectivity index (χ4n) is 2.58. The van der Waals surface area contributed by atoms with Gasteiger partial charge in [-0.05, 0) is 53.9 Å². The zero-order chi connectivity index (χ0) is 11.8. The van der Waals surface area contributed by atoms with Crippen LogP contribution in [0.15, 0.2) is 33.2 Å². The van der Waals surface area contributed by atoms with Crippen molar-refractivity contribution in [3.8, 4) is 0 Å². The van der Waals surface area contributed by atoms with E-state index in [1.807, 2.05) is 19.2 Å². The standard InChI is InChI=1S/C14H16BrNO/c1-16-13(9-4-2-5-9)12-8-10-6-3-7-11(15)14(10)17-12/h3,6-9,13,16H,2,4-5H2,1H3. The fraction of sp³-hybridized carbons (Fsp3) is 0.429. The smallest absolute Gasteiger partial charge is 0.148 e. The van der Waals surface area contributed by atoms with Gasteiger partial charge in [0, 0.05) is 5.39 Å². The highest BCUT2D eigenvalue weighted by molar-refractivity contribution is 9.10. The van der Waals surface area contributed by atoms with Crippen LogP contribution < -0.4 is 5.32 Å². The van der Waals surface area contributed by atoms with E-state index in [0.29, 0.717) is 6.04 Å². The summed E-state index contributed by atoms with van der Waals surface area (Å²) in [5, 5.41) is 4.57. The molecule has 1 saturated carbocycles. The predicted molar refractivity (Wildman–Crippen MR) is 73.1 cm³/mol. The van der Waals surface area contributed by atoms with Crippen molar-refractivity contribution in [2.75, 3.05) is 7.05 Å². The first-order chi connectivity index (χ1) is 8.29. The summed E-state index contributed by atoms with van der Waals surface area (Å²) >= 11 is 3.54. The molecule has 3 heteroatoms. The molecule has 2 aromatic rings. The van der Waals surface area contributed by atoms with Crippen LogP contribution in [-0.4, -0.2) is 7.05 Å². The molecular formula is C14H16BrNO. The van der Waals surface area contributed by atoms with Crippen LogP contribution in [0, 0.1) is 5.92 Å². The molecular weight excluding hydrogens is 278 g/mol. The maximum absolute atomic E-state index is 6.00. The summed E-state index contributed by atoms with van der Waals surface area (Å²) in [5.74, 6) is 1.80. The normalized spacial score (nSPS) is 18.2. The van der Waals surface area contributed by atoms with Gasteiger partial charge in [-0.1, -0.05) is 18.6 Å². The third-order valence-electron chi connectivity index (χ3n) is 3.75. The molecule has 1 unspecified atom stereocenters. The second-order valence-electron chi connectivity index (χ2n) is 4.76. The fourth-order valence-corrected chi connectivity index (χ4v) is 3.05. The van der Waals surface area contributed by atoms with Gasteiger partial charge in [-0.3, -0.25) is 0 Å². The van der Waals surface area contributed by atoms with Crippen LogP contribution in [0.4, 0.5) is 0 Å². The van der Waals surface area contributed by atoms with Crippen molar-refractivity contribution in [2.45, 2.75) is 25.3 Å². The van der Waals surface area contributed by atoms with Gasteiger partial charge < -0.3 is 9.73 Å². The Morgan fingerprint density at radius 2 is 2.24 bits per heavy atom. The zero-order valence-corrected chi connectivity index (χ0v) is 11.5. The highest BCUT2D eigenvalue weighted by Crippen LogP contribution is 2.39. The molecule has 1 heterocycles. The Hall–Kier alpha value is -0.800. The molecule has 0 spiro atoms. The van der Waals surface area contributed by atoms with Gasteiger partial charge in [-0.15, -0.1) is 0 Å². The zero-order valence-electron chi connectivity index (χ0n) is 9.87. The van der Waals surface area contributed by atoms with Gasteiger partial charge in [0.05, 0.1) is 10.5 Å². The molecule has 17 heavy (non-hydrogen) atoms. The van der Waals surface area contributed by atoms with Crippen molar-refractivity contribution in [3.63, 3.8) is 0 Å². The van der Waals surface area contributed by atoms with Crippen molar-refractivity contribution in [1.29, 1.82) is 0 Å². The van der Waals surface area contributed by atoms with Crippen molar-refractivity contribution < 1.29 is 4.42 Å². The van der Waals surface area contributed by atoms with Gasteiger partial charge in [-0.25, -0.2) is 0 Å². The molecule has 0 aliphatic heterocycles. The summed E-state index contributed by atoms with van der Waals surface area (Å²) in [5.41, 5.74) is 0.960. The van der Waals surface area contributed by atoms with E-state index in [-0.39, 0.29) is 0 Å². The summed E-state index contributed by atoms with van der Waals surface area (Å²) in [7, 11) is 2.02. The third kappa shape index (κ3) is 1.91. The Balaban J connectivity index is 2.01. The summed E-state index contributed by atoms with van der Waals surface area (Å²) < 4.78 is 7.03. The van der Waals surface area contributed by atoms with Crippen molar-refractivity contribution in [2.24, 2.45) is 5.92 Å². The molecule has 2 nitrogen and oxygen atoms in total. The van der Waals surface area contributed by atoms with E-state index in [0.717, 1.165) is 21.7 Å². The lowest BCUT2D eigenvalue weighted by Gasteiger charge is -2.32. The minimum absolute atomic E-state index is 0.364. The maximum atomic E-state index is 6.00. The van der Waals surface area contributed by atoms with Crippen molar-refractivity contribution in [1.82, 2.24) is 5.32 Å². The van der Waals surface area contributed by atoms with E-state index in [9.17, 15) is 0 Å². The summed E-state index contributed by atoms with van der Waals surface area (Å²) in [6.07, 6.45) is 3.97. The van der Waals surface area contributed by atoms with E-state index in [2.05, 4.69) is 33.4 Å². The number of hydrogen-bond acceptors (Lipinski definition) is 2. The Morgan fingerprint density at radius 3 is 2.82 bits per heavy atom. The molecule has 1 aromatic carbocycles. The number of hydrogen-bond donors (Lipinski definition) is 1. The lowest BCUT2D eigenvalue weighted by Crippen LogP contribution is -2.29. The van der Waals surface area contributed by atoms with Gasteiger partial charge >= 0.3 is 0 Å².